The summed E-state index contributed by atoms with van der Waals surface area (Å²) in [5.74, 6) is -0.803. The summed E-state index contributed by atoms with van der Waals surface area (Å²) in [6.07, 6.45) is 3.48. The van der Waals surface area contributed by atoms with E-state index in [1.54, 1.807) is 30.3 Å². The molecule has 7 heteroatoms. The SMILES string of the molecule is O=C1N/C(=C/c2cccn2-c2ccc(Cl)cc2)C(=O)N1Cc1ccc(F)cc1. The fraction of sp³-hybridized carbons (Fsp3) is 0.0476. The van der Waals surface area contributed by atoms with Crippen molar-refractivity contribution in [2.24, 2.45) is 0 Å². The Morgan fingerprint density at radius 2 is 1.71 bits per heavy atom. The summed E-state index contributed by atoms with van der Waals surface area (Å²) in [6.45, 7) is 0.0699. The molecule has 0 bridgehead atoms. The first kappa shape index (κ1) is 18.0. The van der Waals surface area contributed by atoms with E-state index in [0.717, 1.165) is 16.3 Å². The summed E-state index contributed by atoms with van der Waals surface area (Å²) in [5.41, 5.74) is 2.45. The molecule has 0 unspecified atom stereocenters. The summed E-state index contributed by atoms with van der Waals surface area (Å²) in [5, 5.41) is 3.23. The van der Waals surface area contributed by atoms with Gasteiger partial charge in [0.05, 0.1) is 6.54 Å². The molecule has 0 radical (unpaired) electrons. The molecule has 1 fully saturated rings. The van der Waals surface area contributed by atoms with Gasteiger partial charge in [-0.15, -0.1) is 0 Å². The molecule has 1 aromatic heterocycles. The average Bonchev–Trinajstić information content (AvgIpc) is 3.24. The maximum Gasteiger partial charge on any atom is 0.329 e. The van der Waals surface area contributed by atoms with Gasteiger partial charge in [0.25, 0.3) is 5.91 Å². The van der Waals surface area contributed by atoms with Gasteiger partial charge in [-0.2, -0.15) is 0 Å². The van der Waals surface area contributed by atoms with Crippen LogP contribution in [0.15, 0.2) is 72.6 Å². The van der Waals surface area contributed by atoms with Crippen LogP contribution in [0.25, 0.3) is 11.8 Å². The van der Waals surface area contributed by atoms with Gasteiger partial charge >= 0.3 is 6.03 Å². The zero-order valence-electron chi connectivity index (χ0n) is 14.6. The van der Waals surface area contributed by atoms with Gasteiger partial charge in [0.15, 0.2) is 0 Å². The highest BCUT2D eigenvalue weighted by Gasteiger charge is 2.33. The second kappa shape index (κ2) is 7.32. The zero-order valence-corrected chi connectivity index (χ0v) is 15.4. The van der Waals surface area contributed by atoms with Crippen molar-refractivity contribution in [1.82, 2.24) is 14.8 Å². The zero-order chi connectivity index (χ0) is 19.7. The lowest BCUT2D eigenvalue weighted by atomic mass is 10.2. The predicted molar refractivity (Wildman–Crippen MR) is 104 cm³/mol. The van der Waals surface area contributed by atoms with Crippen molar-refractivity contribution in [3.63, 3.8) is 0 Å². The Hall–Kier alpha value is -3.38. The Kier molecular flexibility index (Phi) is 4.71. The van der Waals surface area contributed by atoms with Crippen molar-refractivity contribution in [2.75, 3.05) is 0 Å². The smallest absolute Gasteiger partial charge is 0.317 e. The number of rotatable bonds is 4. The van der Waals surface area contributed by atoms with Crippen LogP contribution in [0.5, 0.6) is 0 Å². The molecular formula is C21H15ClFN3O2. The third-order valence-corrected chi connectivity index (χ3v) is 4.65. The standard InChI is InChI=1S/C21H15ClFN3O2/c22-15-5-9-17(10-6-15)25-11-1-2-18(25)12-19-20(27)26(21(28)24-19)13-14-3-7-16(23)8-4-14/h1-12H,13H2,(H,24,28)/b19-12+. The Morgan fingerprint density at radius 3 is 2.43 bits per heavy atom. The van der Waals surface area contributed by atoms with E-state index in [2.05, 4.69) is 5.32 Å². The number of nitrogens with zero attached hydrogens (tertiary/aromatic N) is 2. The number of hydrogen-bond donors (Lipinski definition) is 1. The second-order valence-corrected chi connectivity index (χ2v) is 6.72. The number of halogens is 2. The number of carbonyl (C=O) groups is 2. The van der Waals surface area contributed by atoms with E-state index < -0.39 is 11.9 Å². The molecule has 0 saturated carbocycles. The first-order valence-corrected chi connectivity index (χ1v) is 8.91. The average molecular weight is 396 g/mol. The van der Waals surface area contributed by atoms with Crippen LogP contribution < -0.4 is 5.32 Å². The van der Waals surface area contributed by atoms with Crippen LogP contribution in [0.1, 0.15) is 11.3 Å². The Morgan fingerprint density at radius 1 is 1.00 bits per heavy atom. The highest BCUT2D eigenvalue weighted by atomic mass is 35.5. The number of imide groups is 1. The monoisotopic (exact) mass is 395 g/mol. The molecule has 2 heterocycles. The van der Waals surface area contributed by atoms with Crippen LogP contribution in [-0.2, 0) is 11.3 Å². The highest BCUT2D eigenvalue weighted by molar-refractivity contribution is 6.30. The quantitative estimate of drug-likeness (QED) is 0.527. The Balaban J connectivity index is 1.59. The lowest BCUT2D eigenvalue weighted by Crippen LogP contribution is -2.30. The van der Waals surface area contributed by atoms with Crippen LogP contribution in [0.3, 0.4) is 0 Å². The maximum atomic E-state index is 13.0. The molecule has 1 aliphatic rings. The van der Waals surface area contributed by atoms with Crippen LogP contribution in [0.4, 0.5) is 9.18 Å². The Labute approximate surface area is 165 Å². The van der Waals surface area contributed by atoms with E-state index in [4.69, 9.17) is 11.6 Å². The van der Waals surface area contributed by atoms with Crippen molar-refractivity contribution in [2.45, 2.75) is 6.54 Å². The largest absolute Gasteiger partial charge is 0.329 e. The highest BCUT2D eigenvalue weighted by Crippen LogP contribution is 2.21. The molecule has 0 spiro atoms. The van der Waals surface area contributed by atoms with Gasteiger partial charge < -0.3 is 9.88 Å². The van der Waals surface area contributed by atoms with Gasteiger partial charge in [-0.3, -0.25) is 9.69 Å². The molecule has 3 amide bonds. The van der Waals surface area contributed by atoms with E-state index in [0.29, 0.717) is 10.6 Å². The Bertz CT molecular complexity index is 1070. The van der Waals surface area contributed by atoms with E-state index in [9.17, 15) is 14.0 Å². The van der Waals surface area contributed by atoms with Crippen LogP contribution in [0, 0.1) is 5.82 Å². The summed E-state index contributed by atoms with van der Waals surface area (Å²) < 4.78 is 14.9. The van der Waals surface area contributed by atoms with Crippen molar-refractivity contribution < 1.29 is 14.0 Å². The molecule has 2 aromatic carbocycles. The molecule has 140 valence electrons. The number of carbonyl (C=O) groups excluding carboxylic acids is 2. The lowest BCUT2D eigenvalue weighted by molar-refractivity contribution is -0.123. The number of amides is 3. The fourth-order valence-electron chi connectivity index (χ4n) is 2.98. The molecule has 4 rings (SSSR count). The van der Waals surface area contributed by atoms with Gasteiger partial charge in [-0.05, 0) is 60.2 Å². The summed E-state index contributed by atoms with van der Waals surface area (Å²) in [6, 6.07) is 16.1. The van der Waals surface area contributed by atoms with Gasteiger partial charge in [0, 0.05) is 22.6 Å². The van der Waals surface area contributed by atoms with E-state index in [1.807, 2.05) is 35.0 Å². The summed E-state index contributed by atoms with van der Waals surface area (Å²) in [7, 11) is 0. The minimum Gasteiger partial charge on any atom is -0.317 e. The van der Waals surface area contributed by atoms with E-state index in [1.165, 1.54) is 12.1 Å². The molecule has 0 aliphatic carbocycles. The lowest BCUT2D eigenvalue weighted by Gasteiger charge is -2.11. The van der Waals surface area contributed by atoms with E-state index in [-0.39, 0.29) is 18.1 Å². The number of hydrogen-bond acceptors (Lipinski definition) is 2. The number of urea groups is 1. The third-order valence-electron chi connectivity index (χ3n) is 4.39. The number of aromatic nitrogens is 1. The predicted octanol–water partition coefficient (Wildman–Crippen LogP) is 4.36. The minimum absolute atomic E-state index is 0.0699. The van der Waals surface area contributed by atoms with Crippen molar-refractivity contribution in [3.8, 4) is 5.69 Å². The second-order valence-electron chi connectivity index (χ2n) is 6.29. The molecule has 1 N–H and O–H groups in total. The topological polar surface area (TPSA) is 54.3 Å². The van der Waals surface area contributed by atoms with Gasteiger partial charge in [-0.1, -0.05) is 23.7 Å². The van der Waals surface area contributed by atoms with Crippen LogP contribution in [-0.4, -0.2) is 21.4 Å². The molecule has 5 nitrogen and oxygen atoms in total. The normalized spacial score (nSPS) is 15.4. The molecule has 0 atom stereocenters. The maximum absolute atomic E-state index is 13.0. The van der Waals surface area contributed by atoms with Gasteiger partial charge in [-0.25, -0.2) is 9.18 Å². The number of nitrogens with one attached hydrogen (secondary N) is 1. The van der Waals surface area contributed by atoms with Crippen molar-refractivity contribution in [1.29, 1.82) is 0 Å². The van der Waals surface area contributed by atoms with Crippen LogP contribution in [0.2, 0.25) is 5.02 Å². The first-order valence-electron chi connectivity index (χ1n) is 8.53. The number of benzene rings is 2. The molecular weight excluding hydrogens is 381 g/mol. The molecule has 28 heavy (non-hydrogen) atoms. The fourth-order valence-corrected chi connectivity index (χ4v) is 3.11. The summed E-state index contributed by atoms with van der Waals surface area (Å²) in [4.78, 5) is 26.0. The summed E-state index contributed by atoms with van der Waals surface area (Å²) >= 11 is 5.94. The molecule has 1 aliphatic heterocycles. The third kappa shape index (κ3) is 3.54. The van der Waals surface area contributed by atoms with Crippen LogP contribution >= 0.6 is 11.6 Å². The van der Waals surface area contributed by atoms with Crippen molar-refractivity contribution in [3.05, 3.63) is 94.7 Å². The van der Waals surface area contributed by atoms with E-state index >= 15 is 0 Å². The van der Waals surface area contributed by atoms with Gasteiger partial charge in [0.1, 0.15) is 11.5 Å². The first-order chi connectivity index (χ1) is 13.5. The molecule has 1 saturated heterocycles. The minimum atomic E-state index is -0.509. The van der Waals surface area contributed by atoms with Gasteiger partial charge in [0.2, 0.25) is 0 Å². The molecule has 3 aromatic rings. The van der Waals surface area contributed by atoms with Crippen molar-refractivity contribution >= 4 is 29.6 Å².